The average Bonchev–Trinajstić information content (AvgIpc) is 2.46. The van der Waals surface area contributed by atoms with Crippen LogP contribution in [0.15, 0.2) is 24.3 Å². The monoisotopic (exact) mass is 293 g/mol. The van der Waals surface area contributed by atoms with Gasteiger partial charge in [-0.2, -0.15) is 0 Å². The highest BCUT2D eigenvalue weighted by Crippen LogP contribution is 2.15. The number of anilines is 1. The summed E-state index contributed by atoms with van der Waals surface area (Å²) in [5, 5.41) is 5.50. The molecule has 1 rings (SSSR count). The van der Waals surface area contributed by atoms with Gasteiger partial charge in [0.1, 0.15) is 6.10 Å². The predicted octanol–water partition coefficient (Wildman–Crippen LogP) is 0.985. The Labute approximate surface area is 125 Å². The first kappa shape index (κ1) is 17.1. The maximum absolute atomic E-state index is 12.1. The number of methoxy groups -OCH3 is 1. The second kappa shape index (κ2) is 8.39. The molecule has 4 N–H and O–H groups in total. The Morgan fingerprint density at radius 2 is 1.95 bits per heavy atom. The van der Waals surface area contributed by atoms with Crippen LogP contribution in [0, 0.1) is 5.92 Å². The van der Waals surface area contributed by atoms with Gasteiger partial charge in [0.25, 0.3) is 11.8 Å². The fraction of sp³-hybridized carbons (Fsp3) is 0.467. The van der Waals surface area contributed by atoms with Gasteiger partial charge >= 0.3 is 0 Å². The molecule has 1 atom stereocenters. The number of nitrogens with two attached hydrogens (primary N) is 1. The maximum Gasteiger partial charge on any atom is 0.254 e. The van der Waals surface area contributed by atoms with E-state index in [4.69, 9.17) is 10.5 Å². The van der Waals surface area contributed by atoms with Gasteiger partial charge in [0.2, 0.25) is 0 Å². The molecule has 1 aromatic rings. The lowest BCUT2D eigenvalue weighted by molar-refractivity contribution is -0.125. The quantitative estimate of drug-likeness (QED) is 0.698. The first-order chi connectivity index (χ1) is 9.99. The molecule has 0 radical (unpaired) electrons. The summed E-state index contributed by atoms with van der Waals surface area (Å²) in [5.74, 6) is -0.240. The van der Waals surface area contributed by atoms with Gasteiger partial charge in [0.15, 0.2) is 0 Å². The van der Waals surface area contributed by atoms with Crippen LogP contribution in [0.2, 0.25) is 0 Å². The molecule has 0 aromatic heterocycles. The van der Waals surface area contributed by atoms with Gasteiger partial charge in [-0.3, -0.25) is 9.59 Å². The second-order valence-corrected chi connectivity index (χ2v) is 5.10. The Bertz CT molecular complexity index is 485. The number of carbonyl (C=O) groups excluding carboxylic acids is 2. The van der Waals surface area contributed by atoms with Gasteiger partial charge in [0.05, 0.1) is 11.3 Å². The van der Waals surface area contributed by atoms with Gasteiger partial charge in [-0.25, -0.2) is 0 Å². The van der Waals surface area contributed by atoms with Crippen molar-refractivity contribution in [2.24, 2.45) is 11.7 Å². The van der Waals surface area contributed by atoms with Gasteiger partial charge in [0, 0.05) is 20.2 Å². The first-order valence-corrected chi connectivity index (χ1v) is 6.90. The Kier molecular flexibility index (Phi) is 6.84. The molecule has 0 bridgehead atoms. The van der Waals surface area contributed by atoms with E-state index in [1.165, 1.54) is 7.11 Å². The Morgan fingerprint density at radius 1 is 1.29 bits per heavy atom. The van der Waals surface area contributed by atoms with Crippen molar-refractivity contribution in [1.29, 1.82) is 0 Å². The zero-order valence-electron chi connectivity index (χ0n) is 12.7. The summed E-state index contributed by atoms with van der Waals surface area (Å²) in [7, 11) is 1.42. The van der Waals surface area contributed by atoms with Crippen molar-refractivity contribution in [3.8, 4) is 0 Å². The van der Waals surface area contributed by atoms with E-state index >= 15 is 0 Å². The third kappa shape index (κ3) is 5.17. The van der Waals surface area contributed by atoms with E-state index in [1.807, 2.05) is 13.8 Å². The lowest BCUT2D eigenvalue weighted by Crippen LogP contribution is -2.36. The van der Waals surface area contributed by atoms with Crippen LogP contribution < -0.4 is 16.4 Å². The third-order valence-electron chi connectivity index (χ3n) is 2.89. The summed E-state index contributed by atoms with van der Waals surface area (Å²) >= 11 is 0. The fourth-order valence-corrected chi connectivity index (χ4v) is 1.71. The van der Waals surface area contributed by atoms with Crippen LogP contribution in [0.5, 0.6) is 0 Å². The molecule has 0 saturated heterocycles. The van der Waals surface area contributed by atoms with Gasteiger partial charge < -0.3 is 21.1 Å². The van der Waals surface area contributed by atoms with Gasteiger partial charge in [-0.15, -0.1) is 0 Å². The summed E-state index contributed by atoms with van der Waals surface area (Å²) in [5.41, 5.74) is 6.31. The van der Waals surface area contributed by atoms with Crippen LogP contribution in [0.1, 0.15) is 24.2 Å². The van der Waals surface area contributed by atoms with Crippen LogP contribution in [-0.4, -0.2) is 38.1 Å². The molecule has 0 heterocycles. The van der Waals surface area contributed by atoms with E-state index in [0.29, 0.717) is 23.7 Å². The molecule has 1 aromatic carbocycles. The van der Waals surface area contributed by atoms with Crippen LogP contribution in [0.25, 0.3) is 0 Å². The van der Waals surface area contributed by atoms with E-state index in [0.717, 1.165) is 0 Å². The zero-order chi connectivity index (χ0) is 15.8. The molecule has 6 heteroatoms. The lowest BCUT2D eigenvalue weighted by atomic mass is 10.1. The van der Waals surface area contributed by atoms with Crippen molar-refractivity contribution in [3.63, 3.8) is 0 Å². The smallest absolute Gasteiger partial charge is 0.254 e. The van der Waals surface area contributed by atoms with E-state index < -0.39 is 6.10 Å². The highest BCUT2D eigenvalue weighted by molar-refractivity contribution is 6.04. The standard InChI is InChI=1S/C15H23N3O3/c1-10(2)9-17-14(19)11-6-4-5-7-12(11)18-15(20)13(8-16)21-3/h4-7,10,13H,8-9,16H2,1-3H3,(H,17,19)(H,18,20). The molecular formula is C15H23N3O3. The Hall–Kier alpha value is -1.92. The normalized spacial score (nSPS) is 12.0. The molecule has 0 saturated carbocycles. The molecule has 0 aliphatic rings. The molecule has 0 aliphatic carbocycles. The number of hydrogen-bond donors (Lipinski definition) is 3. The summed E-state index contributed by atoms with van der Waals surface area (Å²) in [4.78, 5) is 24.1. The van der Waals surface area contributed by atoms with E-state index in [-0.39, 0.29) is 18.4 Å². The summed E-state index contributed by atoms with van der Waals surface area (Å²) in [6.45, 7) is 4.67. The van der Waals surface area contributed by atoms with Crippen molar-refractivity contribution in [2.45, 2.75) is 20.0 Å². The van der Waals surface area contributed by atoms with Crippen molar-refractivity contribution < 1.29 is 14.3 Å². The molecule has 2 amide bonds. The number of rotatable bonds is 7. The Balaban J connectivity index is 2.84. The zero-order valence-corrected chi connectivity index (χ0v) is 12.7. The number of amides is 2. The van der Waals surface area contributed by atoms with Crippen LogP contribution >= 0.6 is 0 Å². The number of benzene rings is 1. The summed E-state index contributed by atoms with van der Waals surface area (Å²) < 4.78 is 4.98. The topological polar surface area (TPSA) is 93.4 Å². The molecule has 21 heavy (non-hydrogen) atoms. The van der Waals surface area contributed by atoms with E-state index in [2.05, 4.69) is 10.6 Å². The summed E-state index contributed by atoms with van der Waals surface area (Å²) in [6.07, 6.45) is -0.739. The molecule has 0 aliphatic heterocycles. The number of nitrogens with one attached hydrogen (secondary N) is 2. The number of hydrogen-bond acceptors (Lipinski definition) is 4. The molecular weight excluding hydrogens is 270 g/mol. The number of ether oxygens (including phenoxy) is 1. The van der Waals surface area contributed by atoms with Crippen molar-refractivity contribution in [1.82, 2.24) is 5.32 Å². The molecule has 6 nitrogen and oxygen atoms in total. The largest absolute Gasteiger partial charge is 0.370 e. The predicted molar refractivity (Wildman–Crippen MR) is 82.1 cm³/mol. The summed E-state index contributed by atoms with van der Waals surface area (Å²) in [6, 6.07) is 6.83. The average molecular weight is 293 g/mol. The first-order valence-electron chi connectivity index (χ1n) is 6.90. The molecule has 0 spiro atoms. The number of carbonyl (C=O) groups is 2. The maximum atomic E-state index is 12.1. The fourth-order valence-electron chi connectivity index (χ4n) is 1.71. The minimum atomic E-state index is -0.739. The van der Waals surface area contributed by atoms with Crippen molar-refractivity contribution in [3.05, 3.63) is 29.8 Å². The highest BCUT2D eigenvalue weighted by Gasteiger charge is 2.18. The third-order valence-corrected chi connectivity index (χ3v) is 2.89. The SMILES string of the molecule is COC(CN)C(=O)Nc1ccccc1C(=O)NCC(C)C. The minimum Gasteiger partial charge on any atom is -0.370 e. The minimum absolute atomic E-state index is 0.0735. The molecule has 116 valence electrons. The lowest BCUT2D eigenvalue weighted by Gasteiger charge is -2.16. The van der Waals surface area contributed by atoms with Crippen LogP contribution in [0.4, 0.5) is 5.69 Å². The van der Waals surface area contributed by atoms with Crippen molar-refractivity contribution in [2.75, 3.05) is 25.5 Å². The van der Waals surface area contributed by atoms with Crippen LogP contribution in [0.3, 0.4) is 0 Å². The van der Waals surface area contributed by atoms with E-state index in [1.54, 1.807) is 24.3 Å². The highest BCUT2D eigenvalue weighted by atomic mass is 16.5. The van der Waals surface area contributed by atoms with Gasteiger partial charge in [-0.1, -0.05) is 26.0 Å². The van der Waals surface area contributed by atoms with Crippen LogP contribution in [-0.2, 0) is 9.53 Å². The number of para-hydroxylation sites is 1. The van der Waals surface area contributed by atoms with E-state index in [9.17, 15) is 9.59 Å². The molecule has 1 unspecified atom stereocenters. The second-order valence-electron chi connectivity index (χ2n) is 5.10. The van der Waals surface area contributed by atoms with Crippen molar-refractivity contribution >= 4 is 17.5 Å². The molecule has 0 fully saturated rings. The Morgan fingerprint density at radius 3 is 2.52 bits per heavy atom. The van der Waals surface area contributed by atoms with Gasteiger partial charge in [-0.05, 0) is 18.1 Å².